The van der Waals surface area contributed by atoms with Gasteiger partial charge in [-0.05, 0) is 149 Å². The number of nitrogens with zero attached hydrogens (tertiary/aromatic N) is 3. The van der Waals surface area contributed by atoms with Crippen LogP contribution in [-0.2, 0) is 30.9 Å². The van der Waals surface area contributed by atoms with Crippen LogP contribution in [0.25, 0.3) is 105 Å². The fraction of sp³-hybridized carbons (Fsp3) is 0.233. The van der Waals surface area contributed by atoms with Gasteiger partial charge >= 0.3 is 0 Å². The van der Waals surface area contributed by atoms with Crippen molar-refractivity contribution >= 4 is 67.8 Å². The van der Waals surface area contributed by atoms with Crippen LogP contribution in [-0.4, -0.2) is 22.6 Å². The summed E-state index contributed by atoms with van der Waals surface area (Å²) >= 11 is 0. The van der Waals surface area contributed by atoms with Gasteiger partial charge in [0.2, 0.25) is 0 Å². The first kappa shape index (κ1) is 54.7. The molecule has 0 bridgehead atoms. The van der Waals surface area contributed by atoms with Crippen LogP contribution in [0.5, 0.6) is 0 Å². The van der Waals surface area contributed by atoms with Gasteiger partial charge in [0, 0.05) is 43.2 Å². The van der Waals surface area contributed by atoms with Crippen LogP contribution >= 0.6 is 0 Å². The molecule has 0 atom stereocenters. The van der Waals surface area contributed by atoms with Crippen molar-refractivity contribution in [1.82, 2.24) is 14.5 Å². The number of hydrogen-bond acceptors (Lipinski definition) is 3. The van der Waals surface area contributed by atoms with Gasteiger partial charge in [-0.1, -0.05) is 189 Å². The zero-order valence-electron chi connectivity index (χ0n) is 47.8. The van der Waals surface area contributed by atoms with Gasteiger partial charge in [0.1, 0.15) is 5.58 Å². The standard InChI is InChI=1S/C59H53N2O.C14H15FNSi.Ir/c1-35(2)46-31-42(38-22-20-37(21-23-38)40-26-27-50-51(33-40)59(7,8)29-28-58(50,5)6)32-47(36(3)4)55(46)61-53-19-12-11-18-52(53)60-57(61)45-17-13-16-44-49-30-41-25-24-39-14-9-10-15-43(39)48(41)34-54(49)62-56(44)45;1-17(2,3)13-8-9-14(16-10-13)11-4-6-12(15)7-5-11;/h9-16,18-27,30-36H,28-29H2,1-8H3;4,6-10H,1-3H3;/q2*-1;. The van der Waals surface area contributed by atoms with E-state index in [1.165, 1.54) is 102 Å². The SMILES string of the molecule is CC(C)c1cc(-c2ccc(-c3ccc4c(c3)C(C)(C)CCC4(C)C)cc2)cc(C(C)C)c1-n1c(-c2[c-]ccc3c2oc2cc4c(ccc5ccccc54)cc23)nc2ccccc21.C[Si](C)(C)c1ccc(-c2[c-]cc(F)cc2)nc1.[Ir]. The van der Waals surface area contributed by atoms with Crippen molar-refractivity contribution in [1.29, 1.82) is 0 Å². The molecule has 7 heteroatoms. The smallest absolute Gasteiger partial charge is 0.121 e. The Bertz CT molecular complexity index is 4260. The summed E-state index contributed by atoms with van der Waals surface area (Å²) in [6, 6.07) is 66.6. The zero-order valence-corrected chi connectivity index (χ0v) is 51.2. The van der Waals surface area contributed by atoms with E-state index in [-0.39, 0.29) is 48.6 Å². The quantitative estimate of drug-likeness (QED) is 0.0865. The predicted octanol–water partition coefficient (Wildman–Crippen LogP) is 19.9. The van der Waals surface area contributed by atoms with Crippen molar-refractivity contribution in [3.05, 3.63) is 216 Å². The first-order valence-electron chi connectivity index (χ1n) is 28.1. The van der Waals surface area contributed by atoms with Crippen molar-refractivity contribution in [2.45, 2.75) is 111 Å². The van der Waals surface area contributed by atoms with E-state index in [4.69, 9.17) is 9.40 Å². The molecule has 0 spiro atoms. The van der Waals surface area contributed by atoms with Crippen molar-refractivity contribution in [2.24, 2.45) is 0 Å². The molecule has 0 unspecified atom stereocenters. The molecule has 0 fully saturated rings. The van der Waals surface area contributed by atoms with E-state index in [2.05, 4.69) is 236 Å². The Balaban J connectivity index is 0.000000321. The Hall–Kier alpha value is -7.28. The average Bonchev–Trinajstić information content (AvgIpc) is 4.03. The van der Waals surface area contributed by atoms with Crippen molar-refractivity contribution < 1.29 is 28.9 Å². The maximum Gasteiger partial charge on any atom is 0.121 e. The molecule has 1 aliphatic carbocycles. The maximum absolute atomic E-state index is 12.8. The topological polar surface area (TPSA) is 43.9 Å². The van der Waals surface area contributed by atoms with E-state index in [1.807, 2.05) is 18.3 Å². The van der Waals surface area contributed by atoms with E-state index in [1.54, 1.807) is 6.07 Å². The van der Waals surface area contributed by atoms with Gasteiger partial charge in [-0.25, -0.2) is 0 Å². The number of rotatable bonds is 8. The molecular weight excluding hydrogens is 1170 g/mol. The van der Waals surface area contributed by atoms with E-state index >= 15 is 0 Å². The van der Waals surface area contributed by atoms with Crippen molar-refractivity contribution in [2.75, 3.05) is 0 Å². The van der Waals surface area contributed by atoms with Gasteiger partial charge in [0.15, 0.2) is 0 Å². The van der Waals surface area contributed by atoms with Crippen LogP contribution in [0.15, 0.2) is 180 Å². The molecule has 3 heterocycles. The summed E-state index contributed by atoms with van der Waals surface area (Å²) in [5, 5.41) is 8.33. The summed E-state index contributed by atoms with van der Waals surface area (Å²) in [5.41, 5.74) is 18.4. The summed E-state index contributed by atoms with van der Waals surface area (Å²) in [4.78, 5) is 9.84. The van der Waals surface area contributed by atoms with Crippen LogP contribution in [0.3, 0.4) is 0 Å². The molecule has 4 nitrogen and oxygen atoms in total. The number of benzene rings is 9. The van der Waals surface area contributed by atoms with Gasteiger partial charge in [0.05, 0.1) is 30.5 Å². The van der Waals surface area contributed by atoms with Crippen LogP contribution < -0.4 is 5.19 Å². The Kier molecular flexibility index (Phi) is 14.3. The molecule has 9 aromatic carbocycles. The molecule has 0 N–H and O–H groups in total. The molecule has 0 saturated carbocycles. The van der Waals surface area contributed by atoms with E-state index in [0.717, 1.165) is 55.6 Å². The van der Waals surface area contributed by atoms with Gasteiger partial charge in [-0.15, -0.1) is 48.0 Å². The number of pyridine rings is 1. The third-order valence-electron chi connectivity index (χ3n) is 16.8. The number of imidazole rings is 1. The van der Waals surface area contributed by atoms with Crippen LogP contribution in [0.4, 0.5) is 4.39 Å². The second-order valence-corrected chi connectivity index (χ2v) is 29.9. The second kappa shape index (κ2) is 21.0. The first-order valence-corrected chi connectivity index (χ1v) is 31.6. The minimum absolute atomic E-state index is 0. The fourth-order valence-corrected chi connectivity index (χ4v) is 13.0. The number of furan rings is 1. The summed E-state index contributed by atoms with van der Waals surface area (Å²) in [6.45, 7) is 25.7. The van der Waals surface area contributed by atoms with E-state index < -0.39 is 8.07 Å². The normalized spacial score (nSPS) is 14.0. The molecule has 13 rings (SSSR count). The van der Waals surface area contributed by atoms with Crippen LogP contribution in [0, 0.1) is 17.9 Å². The molecule has 1 radical (unpaired) electrons. The van der Waals surface area contributed by atoms with E-state index in [9.17, 15) is 4.39 Å². The Morgan fingerprint density at radius 3 is 1.94 bits per heavy atom. The number of para-hydroxylation sites is 2. The Morgan fingerprint density at radius 2 is 1.26 bits per heavy atom. The summed E-state index contributed by atoms with van der Waals surface area (Å²) in [7, 11) is -1.30. The van der Waals surface area contributed by atoms with Crippen molar-refractivity contribution in [3.63, 3.8) is 0 Å². The summed E-state index contributed by atoms with van der Waals surface area (Å²) in [6.07, 6.45) is 4.36. The van der Waals surface area contributed by atoms with E-state index in [0.29, 0.717) is 0 Å². The number of aromatic nitrogens is 3. The van der Waals surface area contributed by atoms with Gasteiger partial charge < -0.3 is 14.0 Å². The minimum Gasteiger partial charge on any atom is -0.501 e. The maximum atomic E-state index is 12.8. The zero-order chi connectivity index (χ0) is 55.1. The molecule has 0 aliphatic heterocycles. The third kappa shape index (κ3) is 9.97. The van der Waals surface area contributed by atoms with Crippen LogP contribution in [0.2, 0.25) is 19.6 Å². The Labute approximate surface area is 485 Å². The monoisotopic (exact) mass is 1240 g/mol. The second-order valence-electron chi connectivity index (χ2n) is 24.8. The average molecular weight is 1240 g/mol. The molecular formula is C73H68FIrN3OSi-2. The molecule has 0 saturated heterocycles. The van der Waals surface area contributed by atoms with Gasteiger partial charge in [-0.2, -0.15) is 0 Å². The van der Waals surface area contributed by atoms with Crippen LogP contribution in [0.1, 0.15) is 102 Å². The minimum atomic E-state index is -1.30. The Morgan fingerprint density at radius 1 is 0.600 bits per heavy atom. The number of fused-ring (bicyclic) bond motifs is 8. The first-order chi connectivity index (χ1) is 37.8. The van der Waals surface area contributed by atoms with Crippen molar-refractivity contribution in [3.8, 4) is 50.6 Å². The summed E-state index contributed by atoms with van der Waals surface area (Å²) in [5.74, 6) is 1.05. The van der Waals surface area contributed by atoms with Gasteiger partial charge in [-0.3, -0.25) is 9.37 Å². The molecule has 80 heavy (non-hydrogen) atoms. The number of hydrogen-bond donors (Lipinski definition) is 0. The summed E-state index contributed by atoms with van der Waals surface area (Å²) < 4.78 is 22.1. The molecule has 403 valence electrons. The predicted molar refractivity (Wildman–Crippen MR) is 333 cm³/mol. The molecule has 12 aromatic rings. The largest absolute Gasteiger partial charge is 0.501 e. The number of halogens is 1. The molecule has 1 aliphatic rings. The third-order valence-corrected chi connectivity index (χ3v) is 18.8. The fourth-order valence-electron chi connectivity index (χ4n) is 12.0. The molecule has 0 amide bonds. The van der Waals surface area contributed by atoms with Gasteiger partial charge in [0.25, 0.3) is 0 Å². The molecule has 3 aromatic heterocycles.